The van der Waals surface area contributed by atoms with E-state index in [9.17, 15) is 14.9 Å². The van der Waals surface area contributed by atoms with Crippen molar-refractivity contribution < 1.29 is 9.72 Å². The maximum absolute atomic E-state index is 12.6. The van der Waals surface area contributed by atoms with Gasteiger partial charge < -0.3 is 5.32 Å². The Kier molecular flexibility index (Phi) is 5.43. The number of benzene rings is 2. The Bertz CT molecular complexity index is 1020. The number of halogens is 2. The molecule has 0 aliphatic carbocycles. The van der Waals surface area contributed by atoms with Crippen LogP contribution >= 0.6 is 23.2 Å². The van der Waals surface area contributed by atoms with Crippen molar-refractivity contribution >= 4 is 40.5 Å². The molecule has 2 aromatic carbocycles. The van der Waals surface area contributed by atoms with Crippen molar-refractivity contribution in [3.63, 3.8) is 0 Å². The third-order valence-electron chi connectivity index (χ3n) is 3.87. The molecule has 0 fully saturated rings. The van der Waals surface area contributed by atoms with Crippen molar-refractivity contribution in [2.24, 2.45) is 0 Å². The molecule has 0 unspecified atom stereocenters. The van der Waals surface area contributed by atoms with Crippen LogP contribution < -0.4 is 5.32 Å². The summed E-state index contributed by atoms with van der Waals surface area (Å²) in [7, 11) is 0. The number of nitrogens with one attached hydrogen (secondary N) is 1. The van der Waals surface area contributed by atoms with E-state index < -0.39 is 10.8 Å². The van der Waals surface area contributed by atoms with Crippen molar-refractivity contribution in [3.05, 3.63) is 85.6 Å². The van der Waals surface area contributed by atoms with Crippen LogP contribution in [0.15, 0.2) is 48.5 Å². The van der Waals surface area contributed by atoms with E-state index in [1.54, 1.807) is 6.92 Å². The van der Waals surface area contributed by atoms with Crippen LogP contribution in [-0.2, 0) is 6.54 Å². The van der Waals surface area contributed by atoms with Crippen LogP contribution in [-0.4, -0.2) is 20.6 Å². The number of carbonyl (C=O) groups excluding carboxylic acids is 1. The van der Waals surface area contributed by atoms with Gasteiger partial charge in [-0.05, 0) is 24.6 Å². The largest absolute Gasteiger partial charge is 0.322 e. The number of nitro benzene ring substituents is 1. The predicted octanol–water partition coefficient (Wildman–Crippen LogP) is 4.71. The van der Waals surface area contributed by atoms with Gasteiger partial charge in [0.1, 0.15) is 10.2 Å². The molecule has 27 heavy (non-hydrogen) atoms. The van der Waals surface area contributed by atoms with Gasteiger partial charge in [0.05, 0.1) is 22.7 Å². The van der Waals surface area contributed by atoms with E-state index in [0.29, 0.717) is 12.2 Å². The summed E-state index contributed by atoms with van der Waals surface area (Å²) in [5, 5.41) is 18.1. The molecule has 1 heterocycles. The number of rotatable bonds is 5. The highest BCUT2D eigenvalue weighted by molar-refractivity contribution is 6.34. The molecule has 138 valence electrons. The lowest BCUT2D eigenvalue weighted by Gasteiger charge is -2.06. The van der Waals surface area contributed by atoms with E-state index >= 15 is 0 Å². The molecular weight excluding hydrogens is 391 g/mol. The number of hydrogen-bond acceptors (Lipinski definition) is 4. The molecule has 0 aliphatic heterocycles. The van der Waals surface area contributed by atoms with Crippen molar-refractivity contribution in [2.45, 2.75) is 13.5 Å². The van der Waals surface area contributed by atoms with Crippen molar-refractivity contribution in [1.82, 2.24) is 9.78 Å². The highest BCUT2D eigenvalue weighted by Crippen LogP contribution is 2.28. The van der Waals surface area contributed by atoms with Gasteiger partial charge in [0, 0.05) is 11.8 Å². The van der Waals surface area contributed by atoms with Crippen molar-refractivity contribution in [2.75, 3.05) is 5.32 Å². The van der Waals surface area contributed by atoms with E-state index in [0.717, 1.165) is 5.56 Å². The third kappa shape index (κ3) is 4.10. The molecule has 0 bridgehead atoms. The summed E-state index contributed by atoms with van der Waals surface area (Å²) in [6.07, 6.45) is 0. The summed E-state index contributed by atoms with van der Waals surface area (Å²) in [6, 6.07) is 13.6. The number of aromatic nitrogens is 2. The minimum atomic E-state index is -0.617. The van der Waals surface area contributed by atoms with Gasteiger partial charge in [-0.25, -0.2) is 4.68 Å². The van der Waals surface area contributed by atoms with Crippen LogP contribution in [0.3, 0.4) is 0 Å². The van der Waals surface area contributed by atoms with Gasteiger partial charge in [0.2, 0.25) is 0 Å². The Morgan fingerprint density at radius 2 is 1.93 bits per heavy atom. The Hall–Kier alpha value is -2.90. The lowest BCUT2D eigenvalue weighted by molar-refractivity contribution is -0.384. The van der Waals surface area contributed by atoms with E-state index in [1.807, 2.05) is 30.3 Å². The van der Waals surface area contributed by atoms with E-state index in [2.05, 4.69) is 10.4 Å². The summed E-state index contributed by atoms with van der Waals surface area (Å²) >= 11 is 12.1. The fourth-order valence-electron chi connectivity index (χ4n) is 2.60. The first-order valence-corrected chi connectivity index (χ1v) is 8.64. The molecular formula is C18H14Cl2N4O3. The SMILES string of the molecule is Cc1nn(Cc2ccccc2)c(Cl)c1C(=O)Nc1ccc(Cl)c([N+](=O)[O-])c1. The minimum Gasteiger partial charge on any atom is -0.322 e. The maximum atomic E-state index is 12.6. The van der Waals surface area contributed by atoms with Crippen LogP contribution in [0, 0.1) is 17.0 Å². The number of carbonyl (C=O) groups is 1. The Morgan fingerprint density at radius 3 is 2.59 bits per heavy atom. The zero-order chi connectivity index (χ0) is 19.6. The number of hydrogen-bond donors (Lipinski definition) is 1. The number of anilines is 1. The average Bonchev–Trinajstić information content (AvgIpc) is 2.90. The normalized spacial score (nSPS) is 10.6. The van der Waals surface area contributed by atoms with Crippen LogP contribution in [0.5, 0.6) is 0 Å². The molecule has 0 atom stereocenters. The second-order valence-electron chi connectivity index (χ2n) is 5.77. The van der Waals surface area contributed by atoms with Gasteiger partial charge >= 0.3 is 0 Å². The summed E-state index contributed by atoms with van der Waals surface area (Å²) in [5.41, 5.74) is 1.60. The first-order valence-electron chi connectivity index (χ1n) is 7.89. The third-order valence-corrected chi connectivity index (χ3v) is 4.57. The Labute approximate surface area is 164 Å². The smallest absolute Gasteiger partial charge is 0.289 e. The van der Waals surface area contributed by atoms with Gasteiger partial charge in [0.25, 0.3) is 11.6 Å². The molecule has 0 radical (unpaired) electrons. The molecule has 1 amide bonds. The van der Waals surface area contributed by atoms with Crippen molar-refractivity contribution in [3.8, 4) is 0 Å². The lowest BCUT2D eigenvalue weighted by Crippen LogP contribution is -2.13. The molecule has 3 aromatic rings. The van der Waals surface area contributed by atoms with Crippen LogP contribution in [0.1, 0.15) is 21.6 Å². The monoisotopic (exact) mass is 404 g/mol. The maximum Gasteiger partial charge on any atom is 0.289 e. The summed E-state index contributed by atoms with van der Waals surface area (Å²) < 4.78 is 1.53. The average molecular weight is 405 g/mol. The predicted molar refractivity (Wildman–Crippen MR) is 104 cm³/mol. The van der Waals surface area contributed by atoms with Crippen LogP contribution in [0.2, 0.25) is 10.2 Å². The van der Waals surface area contributed by atoms with E-state index in [-0.39, 0.29) is 27.1 Å². The standard InChI is InChI=1S/C18H14Cl2N4O3/c1-11-16(17(20)23(22-11)10-12-5-3-2-4-6-12)18(25)21-13-7-8-14(19)15(9-13)24(26)27/h2-9H,10H2,1H3,(H,21,25). The topological polar surface area (TPSA) is 90.1 Å². The summed E-state index contributed by atoms with van der Waals surface area (Å²) in [6.45, 7) is 2.09. The number of nitro groups is 1. The van der Waals surface area contributed by atoms with E-state index in [1.165, 1.54) is 22.9 Å². The first kappa shape index (κ1) is 18.9. The molecule has 1 aromatic heterocycles. The van der Waals surface area contributed by atoms with Gasteiger partial charge in [-0.3, -0.25) is 14.9 Å². The molecule has 0 saturated heterocycles. The highest BCUT2D eigenvalue weighted by Gasteiger charge is 2.21. The molecule has 0 aliphatic rings. The zero-order valence-electron chi connectivity index (χ0n) is 14.1. The molecule has 0 spiro atoms. The Balaban J connectivity index is 1.85. The summed E-state index contributed by atoms with van der Waals surface area (Å²) in [4.78, 5) is 23.0. The number of amides is 1. The van der Waals surface area contributed by atoms with Crippen LogP contribution in [0.4, 0.5) is 11.4 Å². The minimum absolute atomic E-state index is 0.0112. The van der Waals surface area contributed by atoms with E-state index in [4.69, 9.17) is 23.2 Å². The molecule has 3 rings (SSSR count). The molecule has 0 saturated carbocycles. The van der Waals surface area contributed by atoms with Gasteiger partial charge in [-0.1, -0.05) is 53.5 Å². The van der Waals surface area contributed by atoms with Gasteiger partial charge in [0.15, 0.2) is 0 Å². The Morgan fingerprint density at radius 1 is 1.22 bits per heavy atom. The molecule has 9 heteroatoms. The number of nitrogens with zero attached hydrogens (tertiary/aromatic N) is 3. The number of aryl methyl sites for hydroxylation is 1. The molecule has 1 N–H and O–H groups in total. The molecule has 7 nitrogen and oxygen atoms in total. The highest BCUT2D eigenvalue weighted by atomic mass is 35.5. The quantitative estimate of drug-likeness (QED) is 0.492. The first-order chi connectivity index (χ1) is 12.9. The zero-order valence-corrected chi connectivity index (χ0v) is 15.7. The second kappa shape index (κ2) is 7.77. The van der Waals surface area contributed by atoms with Crippen LogP contribution in [0.25, 0.3) is 0 Å². The second-order valence-corrected chi connectivity index (χ2v) is 6.54. The lowest BCUT2D eigenvalue weighted by atomic mass is 10.2. The summed E-state index contributed by atoms with van der Waals surface area (Å²) in [5.74, 6) is -0.506. The van der Waals surface area contributed by atoms with Gasteiger partial charge in [-0.2, -0.15) is 5.10 Å². The fraction of sp³-hybridized carbons (Fsp3) is 0.111. The van der Waals surface area contributed by atoms with Gasteiger partial charge in [-0.15, -0.1) is 0 Å². The fourth-order valence-corrected chi connectivity index (χ4v) is 3.10. The van der Waals surface area contributed by atoms with Crippen molar-refractivity contribution in [1.29, 1.82) is 0 Å².